The average molecular weight is 282 g/mol. The maximum absolute atomic E-state index is 12.4. The van der Waals surface area contributed by atoms with Crippen molar-refractivity contribution in [1.29, 1.82) is 0 Å². The van der Waals surface area contributed by atoms with Crippen LogP contribution in [0.3, 0.4) is 0 Å². The third-order valence-corrected chi connectivity index (χ3v) is 4.74. The maximum Gasteiger partial charge on any atom is 0.240 e. The largest absolute Gasteiger partial charge is 0.385 e. The molecule has 1 aromatic rings. The summed E-state index contributed by atoms with van der Waals surface area (Å²) in [5.74, 6) is 0.0699. The van der Waals surface area contributed by atoms with Gasteiger partial charge in [-0.1, -0.05) is 0 Å². The van der Waals surface area contributed by atoms with E-state index in [9.17, 15) is 4.79 Å². The summed E-state index contributed by atoms with van der Waals surface area (Å²) < 4.78 is 5.00. The van der Waals surface area contributed by atoms with Crippen LogP contribution in [0.4, 0.5) is 0 Å². The second-order valence-corrected chi connectivity index (χ2v) is 6.00. The van der Waals surface area contributed by atoms with Gasteiger partial charge >= 0.3 is 0 Å². The van der Waals surface area contributed by atoms with Gasteiger partial charge in [0.1, 0.15) is 0 Å². The lowest BCUT2D eigenvalue weighted by Gasteiger charge is -2.35. The maximum atomic E-state index is 12.4. The fourth-order valence-corrected chi connectivity index (χ4v) is 3.56. The number of rotatable bonds is 5. The highest BCUT2D eigenvalue weighted by Gasteiger charge is 2.30. The van der Waals surface area contributed by atoms with Crippen LogP contribution < -0.4 is 5.73 Å². The van der Waals surface area contributed by atoms with E-state index in [1.165, 1.54) is 10.4 Å². The van der Waals surface area contributed by atoms with E-state index in [1.54, 1.807) is 18.4 Å². The summed E-state index contributed by atoms with van der Waals surface area (Å²) in [6.07, 6.45) is 2.47. The molecule has 0 spiro atoms. The third-order valence-electron chi connectivity index (χ3n) is 3.74. The molecule has 19 heavy (non-hydrogen) atoms. The summed E-state index contributed by atoms with van der Waals surface area (Å²) in [6.45, 7) is 3.53. The van der Waals surface area contributed by atoms with Gasteiger partial charge < -0.3 is 15.4 Å². The number of carbonyl (C=O) groups excluding carboxylic acids is 1. The van der Waals surface area contributed by atoms with Crippen molar-refractivity contribution in [3.8, 4) is 0 Å². The first-order valence-corrected chi connectivity index (χ1v) is 7.64. The number of fused-ring (bicyclic) bond motifs is 1. The van der Waals surface area contributed by atoms with Gasteiger partial charge in [-0.2, -0.15) is 0 Å². The Kier molecular flexibility index (Phi) is 4.96. The molecule has 0 bridgehead atoms. The topological polar surface area (TPSA) is 55.6 Å². The van der Waals surface area contributed by atoms with Gasteiger partial charge in [0.25, 0.3) is 0 Å². The van der Waals surface area contributed by atoms with Gasteiger partial charge in [0, 0.05) is 25.1 Å². The Labute approximate surface area is 118 Å². The molecule has 2 N–H and O–H groups in total. The zero-order valence-electron chi connectivity index (χ0n) is 11.6. The van der Waals surface area contributed by atoms with Crippen LogP contribution in [0.1, 0.15) is 36.2 Å². The van der Waals surface area contributed by atoms with Crippen LogP contribution in [0.15, 0.2) is 11.4 Å². The minimum absolute atomic E-state index is 0.0699. The average Bonchev–Trinajstić information content (AvgIpc) is 2.88. The molecule has 1 amide bonds. The lowest BCUT2D eigenvalue weighted by Crippen LogP contribution is -2.47. The van der Waals surface area contributed by atoms with Crippen LogP contribution >= 0.6 is 11.3 Å². The van der Waals surface area contributed by atoms with E-state index in [0.717, 1.165) is 19.4 Å². The zero-order chi connectivity index (χ0) is 13.8. The second-order valence-electron chi connectivity index (χ2n) is 5.00. The van der Waals surface area contributed by atoms with E-state index in [-0.39, 0.29) is 11.9 Å². The fourth-order valence-electron chi connectivity index (χ4n) is 2.59. The standard InChI is InChI=1S/C14H22N2O2S/c1-10-11-6-9-19-13(11)5-7-16(10)14(17)12(15)4-3-8-18-2/h6,9-10,12H,3-5,7-8,15H2,1-2H3. The highest BCUT2D eigenvalue weighted by atomic mass is 32.1. The Bertz CT molecular complexity index is 433. The quantitative estimate of drug-likeness (QED) is 0.840. The molecular formula is C14H22N2O2S. The van der Waals surface area contributed by atoms with E-state index in [1.807, 2.05) is 4.90 Å². The van der Waals surface area contributed by atoms with Crippen molar-refractivity contribution in [1.82, 2.24) is 4.90 Å². The van der Waals surface area contributed by atoms with Gasteiger partial charge in [0.2, 0.25) is 5.91 Å². The van der Waals surface area contributed by atoms with Gasteiger partial charge in [0.05, 0.1) is 12.1 Å². The molecule has 0 saturated heterocycles. The summed E-state index contributed by atoms with van der Waals surface area (Å²) in [5, 5.41) is 2.10. The molecular weight excluding hydrogens is 260 g/mol. The summed E-state index contributed by atoms with van der Waals surface area (Å²) in [5.41, 5.74) is 7.29. The number of methoxy groups -OCH3 is 1. The summed E-state index contributed by atoms with van der Waals surface area (Å²) in [7, 11) is 1.66. The lowest BCUT2D eigenvalue weighted by molar-refractivity contribution is -0.135. The normalized spacial score (nSPS) is 20.2. The number of nitrogens with zero attached hydrogens (tertiary/aromatic N) is 1. The van der Waals surface area contributed by atoms with Crippen LogP contribution in [-0.4, -0.2) is 37.1 Å². The summed E-state index contributed by atoms with van der Waals surface area (Å²) >= 11 is 1.78. The Morgan fingerprint density at radius 3 is 3.21 bits per heavy atom. The predicted octanol–water partition coefficient (Wildman–Crippen LogP) is 1.95. The Balaban J connectivity index is 1.97. The molecule has 1 aliphatic rings. The molecule has 0 aliphatic carbocycles. The van der Waals surface area contributed by atoms with E-state index in [2.05, 4.69) is 18.4 Å². The van der Waals surface area contributed by atoms with E-state index in [4.69, 9.17) is 10.5 Å². The van der Waals surface area contributed by atoms with E-state index < -0.39 is 6.04 Å². The van der Waals surface area contributed by atoms with Crippen LogP contribution in [0.25, 0.3) is 0 Å². The number of carbonyl (C=O) groups is 1. The molecule has 4 nitrogen and oxygen atoms in total. The number of thiophene rings is 1. The molecule has 2 heterocycles. The lowest BCUT2D eigenvalue weighted by atomic mass is 10.00. The third kappa shape index (κ3) is 3.16. The van der Waals surface area contributed by atoms with Crippen molar-refractivity contribution >= 4 is 17.2 Å². The van der Waals surface area contributed by atoms with Gasteiger partial charge in [-0.3, -0.25) is 4.79 Å². The van der Waals surface area contributed by atoms with Crippen LogP contribution in [0.2, 0.25) is 0 Å². The number of hydrogen-bond acceptors (Lipinski definition) is 4. The van der Waals surface area contributed by atoms with Crippen molar-refractivity contribution < 1.29 is 9.53 Å². The number of nitrogens with two attached hydrogens (primary N) is 1. The molecule has 2 atom stereocenters. The Hall–Kier alpha value is -0.910. The van der Waals surface area contributed by atoms with E-state index in [0.29, 0.717) is 13.0 Å². The molecule has 2 rings (SSSR count). The molecule has 1 aliphatic heterocycles. The smallest absolute Gasteiger partial charge is 0.240 e. The van der Waals surface area contributed by atoms with E-state index >= 15 is 0 Å². The SMILES string of the molecule is COCCCC(N)C(=O)N1CCc2sccc2C1C. The first kappa shape index (κ1) is 14.5. The second kappa shape index (κ2) is 6.50. The molecule has 0 saturated carbocycles. The first-order chi connectivity index (χ1) is 9.15. The van der Waals surface area contributed by atoms with Gasteiger partial charge in [-0.05, 0) is 43.2 Å². The van der Waals surface area contributed by atoms with Crippen molar-refractivity contribution in [3.05, 3.63) is 21.9 Å². The highest BCUT2D eigenvalue weighted by molar-refractivity contribution is 7.10. The molecule has 2 unspecified atom stereocenters. The van der Waals surface area contributed by atoms with Crippen LogP contribution in [-0.2, 0) is 16.0 Å². The molecule has 5 heteroatoms. The monoisotopic (exact) mass is 282 g/mol. The van der Waals surface area contributed by atoms with Crippen molar-refractivity contribution in [2.75, 3.05) is 20.3 Å². The highest BCUT2D eigenvalue weighted by Crippen LogP contribution is 2.33. The predicted molar refractivity (Wildman–Crippen MR) is 77.2 cm³/mol. The molecule has 1 aromatic heterocycles. The van der Waals surface area contributed by atoms with Crippen molar-refractivity contribution in [3.63, 3.8) is 0 Å². The van der Waals surface area contributed by atoms with Gasteiger partial charge in [0.15, 0.2) is 0 Å². The number of amides is 1. The van der Waals surface area contributed by atoms with Crippen molar-refractivity contribution in [2.24, 2.45) is 5.73 Å². The summed E-state index contributed by atoms with van der Waals surface area (Å²) in [4.78, 5) is 15.7. The molecule has 106 valence electrons. The first-order valence-electron chi connectivity index (χ1n) is 6.76. The van der Waals surface area contributed by atoms with Crippen molar-refractivity contribution in [2.45, 2.75) is 38.3 Å². The minimum atomic E-state index is -0.405. The molecule has 0 aromatic carbocycles. The number of ether oxygens (including phenoxy) is 1. The molecule has 0 radical (unpaired) electrons. The number of hydrogen-bond donors (Lipinski definition) is 1. The van der Waals surface area contributed by atoms with Gasteiger partial charge in [-0.25, -0.2) is 0 Å². The Morgan fingerprint density at radius 1 is 1.68 bits per heavy atom. The Morgan fingerprint density at radius 2 is 2.47 bits per heavy atom. The van der Waals surface area contributed by atoms with Crippen LogP contribution in [0, 0.1) is 0 Å². The van der Waals surface area contributed by atoms with Gasteiger partial charge in [-0.15, -0.1) is 11.3 Å². The van der Waals surface area contributed by atoms with Crippen LogP contribution in [0.5, 0.6) is 0 Å². The summed E-state index contributed by atoms with van der Waals surface area (Å²) in [6, 6.07) is 1.87. The molecule has 0 fully saturated rings. The zero-order valence-corrected chi connectivity index (χ0v) is 12.4. The fraction of sp³-hybridized carbons (Fsp3) is 0.643. The minimum Gasteiger partial charge on any atom is -0.385 e.